The summed E-state index contributed by atoms with van der Waals surface area (Å²) in [6.45, 7) is -0.905. The van der Waals surface area contributed by atoms with Crippen LogP contribution in [-0.2, 0) is 19.8 Å². The minimum absolute atomic E-state index is 0.132. The smallest absolute Gasteiger partial charge is 0.338 e. The highest BCUT2D eigenvalue weighted by Gasteiger charge is 2.39. The normalized spacial score (nSPS) is 12.4. The van der Waals surface area contributed by atoms with Crippen LogP contribution in [0.2, 0.25) is 0 Å². The Bertz CT molecular complexity index is 2360. The molecular weight excluding hydrogens is 739 g/mol. The van der Waals surface area contributed by atoms with Gasteiger partial charge in [-0.2, -0.15) is 0 Å². The zero-order chi connectivity index (χ0) is 40.3. The van der Waals surface area contributed by atoms with Gasteiger partial charge >= 0.3 is 5.97 Å². The summed E-state index contributed by atoms with van der Waals surface area (Å²) in [4.78, 5) is 39.5. The van der Waals surface area contributed by atoms with E-state index in [1.807, 2.05) is 84.9 Å². The Labute approximate surface area is 334 Å². The van der Waals surface area contributed by atoms with Crippen molar-refractivity contribution in [3.8, 4) is 11.5 Å². The molecule has 13 heteroatoms. The average molecular weight is 780 g/mol. The monoisotopic (exact) mass is 779 g/mol. The number of ether oxygens (including phenoxy) is 5. The third-order valence-corrected chi connectivity index (χ3v) is 9.52. The van der Waals surface area contributed by atoms with Gasteiger partial charge in [0, 0.05) is 5.56 Å². The van der Waals surface area contributed by atoms with Crippen LogP contribution < -0.4 is 14.8 Å². The van der Waals surface area contributed by atoms with Crippen LogP contribution in [-0.4, -0.2) is 76.6 Å². The van der Waals surface area contributed by atoms with E-state index in [4.69, 9.17) is 23.7 Å². The second kappa shape index (κ2) is 18.3. The molecule has 0 aliphatic carbocycles. The van der Waals surface area contributed by atoms with E-state index in [1.54, 1.807) is 73.4 Å². The molecule has 0 aliphatic rings. The predicted molar refractivity (Wildman–Crippen MR) is 216 cm³/mol. The molecule has 58 heavy (non-hydrogen) atoms. The summed E-state index contributed by atoms with van der Waals surface area (Å²) < 4.78 is 31.9. The summed E-state index contributed by atoms with van der Waals surface area (Å²) in [5.41, 5.74) is 2.53. The fraction of sp³-hybridized carbons (Fsp3) is 0.178. The van der Waals surface area contributed by atoms with E-state index in [1.165, 1.54) is 12.7 Å². The summed E-state index contributed by atoms with van der Waals surface area (Å²) in [7, 11) is 3.21. The van der Waals surface area contributed by atoms with Gasteiger partial charge in [-0.25, -0.2) is 19.7 Å². The molecule has 0 bridgehead atoms. The van der Waals surface area contributed by atoms with Crippen molar-refractivity contribution >= 4 is 28.9 Å². The average Bonchev–Trinajstić information content (AvgIpc) is 3.73. The maximum Gasteiger partial charge on any atom is 0.338 e. The maximum absolute atomic E-state index is 13.2. The first-order valence-corrected chi connectivity index (χ1v) is 18.4. The lowest BCUT2D eigenvalue weighted by atomic mass is 9.80. The molecule has 0 radical (unpaired) electrons. The lowest BCUT2D eigenvalue weighted by Gasteiger charge is -2.37. The van der Waals surface area contributed by atoms with Gasteiger partial charge in [-0.15, -0.1) is 0 Å². The van der Waals surface area contributed by atoms with Gasteiger partial charge in [0.05, 0.1) is 39.3 Å². The van der Waals surface area contributed by atoms with Gasteiger partial charge in [0.15, 0.2) is 23.2 Å². The second-order valence-electron chi connectivity index (χ2n) is 13.0. The fourth-order valence-corrected chi connectivity index (χ4v) is 6.56. The number of aliphatic hydroxyl groups is 1. The highest BCUT2D eigenvalue weighted by Crippen LogP contribution is 2.42. The van der Waals surface area contributed by atoms with Crippen molar-refractivity contribution in [2.24, 2.45) is 0 Å². The van der Waals surface area contributed by atoms with E-state index < -0.39 is 30.5 Å². The Balaban J connectivity index is 1.23. The zero-order valence-corrected chi connectivity index (χ0v) is 31.8. The number of aromatic nitrogens is 4. The number of fused-ring (bicyclic) bond motifs is 1. The first kappa shape index (κ1) is 39.3. The van der Waals surface area contributed by atoms with Crippen LogP contribution in [0.3, 0.4) is 0 Å². The Morgan fingerprint density at radius 3 is 1.81 bits per heavy atom. The Hall–Kier alpha value is -6.93. The van der Waals surface area contributed by atoms with Gasteiger partial charge in [-0.1, -0.05) is 91.0 Å². The van der Waals surface area contributed by atoms with Crippen LogP contribution in [0.1, 0.15) is 43.6 Å². The van der Waals surface area contributed by atoms with E-state index in [0.717, 1.165) is 16.7 Å². The SMILES string of the molecule is COc1ccc(C(OC[C@H](CO)O[C@H](COC(=O)c2ccccc2)n2cnc3c(NC(=O)c4ccccc4)ncnc32)(c2ccccc2)c2ccc(OC)cc2)cc1. The summed E-state index contributed by atoms with van der Waals surface area (Å²) in [6.07, 6.45) is 0.700. The third kappa shape index (κ3) is 8.56. The first-order valence-electron chi connectivity index (χ1n) is 18.4. The Morgan fingerprint density at radius 2 is 1.24 bits per heavy atom. The van der Waals surface area contributed by atoms with Crippen LogP contribution in [0, 0.1) is 0 Å². The molecule has 5 aromatic carbocycles. The number of methoxy groups -OCH3 is 2. The topological polar surface area (TPSA) is 156 Å². The molecule has 2 N–H and O–H groups in total. The molecule has 2 heterocycles. The number of hydrogen-bond acceptors (Lipinski definition) is 11. The van der Waals surface area contributed by atoms with Crippen LogP contribution in [0.15, 0.2) is 152 Å². The highest BCUT2D eigenvalue weighted by molar-refractivity contribution is 6.06. The number of imidazole rings is 1. The van der Waals surface area contributed by atoms with Gasteiger partial charge in [0.25, 0.3) is 5.91 Å². The van der Waals surface area contributed by atoms with Crippen LogP contribution >= 0.6 is 0 Å². The number of carbonyl (C=O) groups excluding carboxylic acids is 2. The molecule has 13 nitrogen and oxygen atoms in total. The molecule has 2 aromatic heterocycles. The molecule has 1 amide bonds. The second-order valence-corrected chi connectivity index (χ2v) is 13.0. The molecule has 2 atom stereocenters. The van der Waals surface area contributed by atoms with Crippen LogP contribution in [0.4, 0.5) is 5.82 Å². The molecule has 0 saturated carbocycles. The van der Waals surface area contributed by atoms with Crippen LogP contribution in [0.5, 0.6) is 11.5 Å². The molecule has 7 rings (SSSR count). The van der Waals surface area contributed by atoms with Crippen molar-refractivity contribution in [3.63, 3.8) is 0 Å². The zero-order valence-electron chi connectivity index (χ0n) is 31.8. The Kier molecular flexibility index (Phi) is 12.4. The number of anilines is 1. The summed E-state index contributed by atoms with van der Waals surface area (Å²) in [6, 6.07) is 42.2. The molecule has 0 fully saturated rings. The van der Waals surface area contributed by atoms with Crippen LogP contribution in [0.25, 0.3) is 11.2 Å². The number of aliphatic hydroxyl groups excluding tert-OH is 1. The van der Waals surface area contributed by atoms with Crippen molar-refractivity contribution in [1.82, 2.24) is 19.5 Å². The van der Waals surface area contributed by atoms with E-state index in [-0.39, 0.29) is 36.1 Å². The minimum Gasteiger partial charge on any atom is -0.497 e. The van der Waals surface area contributed by atoms with E-state index in [9.17, 15) is 14.7 Å². The Morgan fingerprint density at radius 1 is 0.690 bits per heavy atom. The minimum atomic E-state index is -1.20. The van der Waals surface area contributed by atoms with Gasteiger partial charge in [-0.05, 0) is 65.2 Å². The number of rotatable bonds is 17. The lowest BCUT2D eigenvalue weighted by Crippen LogP contribution is -2.38. The van der Waals surface area contributed by atoms with Gasteiger partial charge in [0.2, 0.25) is 0 Å². The number of benzene rings is 5. The fourth-order valence-electron chi connectivity index (χ4n) is 6.56. The van der Waals surface area contributed by atoms with E-state index in [0.29, 0.717) is 22.6 Å². The van der Waals surface area contributed by atoms with Gasteiger partial charge in [0.1, 0.15) is 36.1 Å². The number of nitrogens with zero attached hydrogens (tertiary/aromatic N) is 4. The van der Waals surface area contributed by atoms with Crippen molar-refractivity contribution in [3.05, 3.63) is 180 Å². The number of nitrogens with one attached hydrogen (secondary N) is 1. The van der Waals surface area contributed by atoms with Crippen molar-refractivity contribution < 1.29 is 38.4 Å². The number of esters is 1. The van der Waals surface area contributed by atoms with Crippen molar-refractivity contribution in [2.75, 3.05) is 39.4 Å². The molecule has 0 saturated heterocycles. The number of hydrogen-bond donors (Lipinski definition) is 2. The molecule has 0 unspecified atom stereocenters. The lowest BCUT2D eigenvalue weighted by molar-refractivity contribution is -0.137. The van der Waals surface area contributed by atoms with E-state index in [2.05, 4.69) is 20.3 Å². The molecular formula is C45H41N5O8. The van der Waals surface area contributed by atoms with Crippen molar-refractivity contribution in [2.45, 2.75) is 17.9 Å². The van der Waals surface area contributed by atoms with Gasteiger partial charge in [-0.3, -0.25) is 9.36 Å². The quantitative estimate of drug-likeness (QED) is 0.0738. The van der Waals surface area contributed by atoms with Gasteiger partial charge < -0.3 is 34.1 Å². The standard InChI is InChI=1S/C45H41N5O8/c1-54-36-22-18-34(19-23-36)45(33-16-10-5-11-17-33,35-20-24-37(55-2)25-21-35)57-27-38(26-51)58-39(28-56-44(53)32-14-8-4-9-15-32)50-30-48-40-41(46-29-47-42(40)50)49-43(52)31-12-6-3-7-13-31/h3-25,29-30,38-39,51H,26-28H2,1-2H3,(H,46,47,49,52)/t38-,39+/m0/s1. The maximum atomic E-state index is 13.2. The first-order chi connectivity index (χ1) is 28.4. The predicted octanol–water partition coefficient (Wildman–Crippen LogP) is 6.84. The molecule has 294 valence electrons. The summed E-state index contributed by atoms with van der Waals surface area (Å²) in [5, 5.41) is 13.7. The third-order valence-electron chi connectivity index (χ3n) is 9.52. The number of amides is 1. The summed E-state index contributed by atoms with van der Waals surface area (Å²) >= 11 is 0. The molecule has 0 aliphatic heterocycles. The van der Waals surface area contributed by atoms with Crippen molar-refractivity contribution in [1.29, 1.82) is 0 Å². The highest BCUT2D eigenvalue weighted by atomic mass is 16.6. The molecule has 7 aromatic rings. The largest absolute Gasteiger partial charge is 0.497 e. The number of carbonyl (C=O) groups is 2. The molecule has 0 spiro atoms. The summed E-state index contributed by atoms with van der Waals surface area (Å²) in [5.74, 6) is 0.551. The van der Waals surface area contributed by atoms with E-state index >= 15 is 0 Å².